The van der Waals surface area contributed by atoms with Crippen molar-refractivity contribution in [3.8, 4) is 0 Å². The summed E-state index contributed by atoms with van der Waals surface area (Å²) in [6.45, 7) is 13.2. The van der Waals surface area contributed by atoms with Gasteiger partial charge < -0.3 is 10.2 Å². The van der Waals surface area contributed by atoms with Crippen LogP contribution in [0.4, 0.5) is 5.13 Å². The molecule has 0 fully saturated rings. The fraction of sp³-hybridized carbons (Fsp3) is 0.812. The molecular formula is C16H31N3S. The van der Waals surface area contributed by atoms with Gasteiger partial charge in [-0.15, -0.1) is 11.3 Å². The van der Waals surface area contributed by atoms with Crippen LogP contribution in [0.25, 0.3) is 0 Å². The van der Waals surface area contributed by atoms with E-state index in [0.717, 1.165) is 32.6 Å². The summed E-state index contributed by atoms with van der Waals surface area (Å²) in [5.74, 6) is 0. The summed E-state index contributed by atoms with van der Waals surface area (Å²) in [5.41, 5.74) is 1.31. The van der Waals surface area contributed by atoms with Crippen molar-refractivity contribution in [2.24, 2.45) is 0 Å². The third-order valence-corrected chi connectivity index (χ3v) is 4.38. The van der Waals surface area contributed by atoms with Crippen molar-refractivity contribution in [1.29, 1.82) is 0 Å². The Kier molecular flexibility index (Phi) is 8.86. The van der Waals surface area contributed by atoms with E-state index in [1.807, 2.05) is 11.3 Å². The fourth-order valence-corrected chi connectivity index (χ4v) is 3.42. The molecule has 0 radical (unpaired) electrons. The van der Waals surface area contributed by atoms with Gasteiger partial charge in [0.15, 0.2) is 5.13 Å². The predicted molar refractivity (Wildman–Crippen MR) is 90.9 cm³/mol. The number of nitrogens with zero attached hydrogens (tertiary/aromatic N) is 2. The molecule has 0 aliphatic carbocycles. The minimum absolute atomic E-state index is 0.979. The molecule has 0 aliphatic rings. The summed E-state index contributed by atoms with van der Waals surface area (Å²) >= 11 is 1.89. The highest BCUT2D eigenvalue weighted by Crippen LogP contribution is 2.27. The van der Waals surface area contributed by atoms with Crippen LogP contribution in [0.15, 0.2) is 0 Å². The van der Waals surface area contributed by atoms with Gasteiger partial charge in [-0.05, 0) is 32.2 Å². The van der Waals surface area contributed by atoms with Crippen LogP contribution in [-0.2, 0) is 13.0 Å². The third kappa shape index (κ3) is 5.41. The first-order valence-electron chi connectivity index (χ1n) is 8.20. The Labute approximate surface area is 128 Å². The number of thiazole rings is 1. The van der Waals surface area contributed by atoms with Crippen LogP contribution in [0, 0.1) is 0 Å². The van der Waals surface area contributed by atoms with E-state index in [-0.39, 0.29) is 0 Å². The van der Waals surface area contributed by atoms with Crippen LogP contribution in [0.3, 0.4) is 0 Å². The van der Waals surface area contributed by atoms with Gasteiger partial charge in [-0.3, -0.25) is 0 Å². The van der Waals surface area contributed by atoms with E-state index in [4.69, 9.17) is 4.98 Å². The molecule has 4 heteroatoms. The van der Waals surface area contributed by atoms with Crippen molar-refractivity contribution in [2.75, 3.05) is 24.5 Å². The normalized spacial score (nSPS) is 11.0. The zero-order valence-corrected chi connectivity index (χ0v) is 14.5. The smallest absolute Gasteiger partial charge is 0.185 e. The van der Waals surface area contributed by atoms with E-state index in [0.29, 0.717) is 0 Å². The third-order valence-electron chi connectivity index (χ3n) is 3.22. The summed E-state index contributed by atoms with van der Waals surface area (Å²) in [6, 6.07) is 0. The summed E-state index contributed by atoms with van der Waals surface area (Å²) < 4.78 is 0. The van der Waals surface area contributed by atoms with Gasteiger partial charge in [-0.25, -0.2) is 4.98 Å². The number of aromatic nitrogens is 1. The molecule has 20 heavy (non-hydrogen) atoms. The molecule has 0 saturated carbocycles. The largest absolute Gasteiger partial charge is 0.348 e. The summed E-state index contributed by atoms with van der Waals surface area (Å²) in [7, 11) is 0. The molecule has 1 N–H and O–H groups in total. The lowest BCUT2D eigenvalue weighted by Gasteiger charge is -2.20. The molecular weight excluding hydrogens is 266 g/mol. The number of hydrogen-bond donors (Lipinski definition) is 1. The first-order chi connectivity index (χ1) is 9.76. The minimum atomic E-state index is 0.979. The first-order valence-corrected chi connectivity index (χ1v) is 9.02. The van der Waals surface area contributed by atoms with Gasteiger partial charge in [-0.2, -0.15) is 0 Å². The summed E-state index contributed by atoms with van der Waals surface area (Å²) in [6.07, 6.45) is 5.84. The van der Waals surface area contributed by atoms with Gasteiger partial charge in [0.05, 0.1) is 5.69 Å². The standard InChI is InChI=1S/C16H31N3S/c1-5-9-14-15(13-17-10-6-2)20-16(18-14)19(11-7-3)12-8-4/h17H,5-13H2,1-4H3. The van der Waals surface area contributed by atoms with Crippen LogP contribution in [0.1, 0.15) is 63.9 Å². The minimum Gasteiger partial charge on any atom is -0.348 e. The maximum atomic E-state index is 4.92. The molecule has 0 spiro atoms. The van der Waals surface area contributed by atoms with Gasteiger partial charge in [0.2, 0.25) is 0 Å². The van der Waals surface area contributed by atoms with Crippen LogP contribution in [0.2, 0.25) is 0 Å². The van der Waals surface area contributed by atoms with E-state index in [2.05, 4.69) is 37.9 Å². The lowest BCUT2D eigenvalue weighted by atomic mass is 10.2. The Bertz CT molecular complexity index is 357. The maximum Gasteiger partial charge on any atom is 0.185 e. The highest BCUT2D eigenvalue weighted by Gasteiger charge is 2.14. The highest BCUT2D eigenvalue weighted by atomic mass is 32.1. The van der Waals surface area contributed by atoms with Crippen molar-refractivity contribution >= 4 is 16.5 Å². The quantitative estimate of drug-likeness (QED) is 0.620. The molecule has 0 amide bonds. The molecule has 0 bridgehead atoms. The van der Waals surface area contributed by atoms with E-state index >= 15 is 0 Å². The van der Waals surface area contributed by atoms with Crippen molar-refractivity contribution in [3.05, 3.63) is 10.6 Å². The van der Waals surface area contributed by atoms with Gasteiger partial charge in [-0.1, -0.05) is 34.1 Å². The second kappa shape index (κ2) is 10.2. The molecule has 0 aliphatic heterocycles. The Hall–Kier alpha value is -0.610. The number of aryl methyl sites for hydroxylation is 1. The van der Waals surface area contributed by atoms with Gasteiger partial charge >= 0.3 is 0 Å². The molecule has 0 atom stereocenters. The van der Waals surface area contributed by atoms with Crippen molar-refractivity contribution in [3.63, 3.8) is 0 Å². The second-order valence-corrected chi connectivity index (χ2v) is 6.34. The maximum absolute atomic E-state index is 4.92. The molecule has 0 saturated heterocycles. The van der Waals surface area contributed by atoms with Crippen LogP contribution in [0.5, 0.6) is 0 Å². The topological polar surface area (TPSA) is 28.2 Å². The van der Waals surface area contributed by atoms with Gasteiger partial charge in [0.1, 0.15) is 0 Å². The lowest BCUT2D eigenvalue weighted by molar-refractivity contribution is 0.674. The Morgan fingerprint density at radius 1 is 1.00 bits per heavy atom. The summed E-state index contributed by atoms with van der Waals surface area (Å²) in [5, 5.41) is 4.75. The number of hydrogen-bond acceptors (Lipinski definition) is 4. The summed E-state index contributed by atoms with van der Waals surface area (Å²) in [4.78, 5) is 8.81. The number of anilines is 1. The molecule has 0 aromatic carbocycles. The Morgan fingerprint density at radius 3 is 2.25 bits per heavy atom. The average molecular weight is 298 g/mol. The van der Waals surface area contributed by atoms with Crippen molar-refractivity contribution < 1.29 is 0 Å². The van der Waals surface area contributed by atoms with Crippen LogP contribution >= 0.6 is 11.3 Å². The van der Waals surface area contributed by atoms with Crippen molar-refractivity contribution in [2.45, 2.75) is 66.3 Å². The molecule has 1 aromatic rings. The van der Waals surface area contributed by atoms with Crippen molar-refractivity contribution in [1.82, 2.24) is 10.3 Å². The van der Waals surface area contributed by atoms with E-state index in [1.165, 1.54) is 41.4 Å². The molecule has 116 valence electrons. The molecule has 1 rings (SSSR count). The van der Waals surface area contributed by atoms with E-state index in [9.17, 15) is 0 Å². The molecule has 3 nitrogen and oxygen atoms in total. The van der Waals surface area contributed by atoms with Crippen LogP contribution in [-0.4, -0.2) is 24.6 Å². The van der Waals surface area contributed by atoms with Gasteiger partial charge in [0.25, 0.3) is 0 Å². The number of nitrogens with one attached hydrogen (secondary N) is 1. The highest BCUT2D eigenvalue weighted by molar-refractivity contribution is 7.15. The Morgan fingerprint density at radius 2 is 1.70 bits per heavy atom. The molecule has 1 heterocycles. The number of rotatable bonds is 11. The zero-order valence-electron chi connectivity index (χ0n) is 13.7. The fourth-order valence-electron chi connectivity index (χ4n) is 2.30. The second-order valence-electron chi connectivity index (χ2n) is 5.28. The SMILES string of the molecule is CCCNCc1sc(N(CCC)CCC)nc1CCC. The molecule has 0 unspecified atom stereocenters. The predicted octanol–water partition coefficient (Wildman–Crippen LogP) is 4.22. The molecule has 1 aromatic heterocycles. The first kappa shape index (κ1) is 17.4. The van der Waals surface area contributed by atoms with E-state index in [1.54, 1.807) is 0 Å². The van der Waals surface area contributed by atoms with Gasteiger partial charge in [0, 0.05) is 24.5 Å². The Balaban J connectivity index is 2.81. The van der Waals surface area contributed by atoms with Crippen LogP contribution < -0.4 is 10.2 Å². The zero-order chi connectivity index (χ0) is 14.8. The lowest BCUT2D eigenvalue weighted by Crippen LogP contribution is -2.24. The van der Waals surface area contributed by atoms with E-state index < -0.39 is 0 Å². The monoisotopic (exact) mass is 297 g/mol. The average Bonchev–Trinajstić information content (AvgIpc) is 2.83.